The first-order valence-corrected chi connectivity index (χ1v) is 11.8. The Balaban J connectivity index is 1.39. The highest BCUT2D eigenvalue weighted by Crippen LogP contribution is 2.26. The first-order valence-electron chi connectivity index (χ1n) is 9.89. The van der Waals surface area contributed by atoms with Crippen LogP contribution >= 0.6 is 23.1 Å². The molecule has 7 nitrogen and oxygen atoms in total. The average Bonchev–Trinajstić information content (AvgIpc) is 3.30. The summed E-state index contributed by atoms with van der Waals surface area (Å²) in [5, 5.41) is 7.60. The summed E-state index contributed by atoms with van der Waals surface area (Å²) in [5.74, 6) is 1.56. The molecule has 160 valence electrons. The number of rotatable bonds is 7. The zero-order chi connectivity index (χ0) is 22.0. The van der Waals surface area contributed by atoms with Gasteiger partial charge in [0, 0.05) is 10.9 Å². The van der Waals surface area contributed by atoms with Crippen LogP contribution in [0.1, 0.15) is 28.8 Å². The number of aromatic amines is 1. The first kappa shape index (κ1) is 21.3. The first-order chi connectivity index (χ1) is 14.9. The van der Waals surface area contributed by atoms with Gasteiger partial charge in [-0.1, -0.05) is 30.3 Å². The molecule has 0 radical (unpaired) electrons. The Labute approximate surface area is 187 Å². The van der Waals surface area contributed by atoms with Crippen molar-refractivity contribution in [1.82, 2.24) is 19.7 Å². The molecule has 2 N–H and O–H groups in total. The number of carbonyl (C=O) groups is 1. The average molecular weight is 454 g/mol. The summed E-state index contributed by atoms with van der Waals surface area (Å²) in [5.41, 5.74) is 1.96. The van der Waals surface area contributed by atoms with E-state index in [2.05, 4.69) is 20.4 Å². The van der Waals surface area contributed by atoms with Crippen molar-refractivity contribution in [2.24, 2.45) is 0 Å². The monoisotopic (exact) mass is 453 g/mol. The van der Waals surface area contributed by atoms with Gasteiger partial charge in [0.15, 0.2) is 0 Å². The lowest BCUT2D eigenvalue weighted by Crippen LogP contribution is -2.24. The number of anilines is 1. The summed E-state index contributed by atoms with van der Waals surface area (Å²) >= 11 is 2.95. The molecule has 0 bridgehead atoms. The van der Waals surface area contributed by atoms with Crippen LogP contribution in [-0.2, 0) is 17.1 Å². The van der Waals surface area contributed by atoms with Gasteiger partial charge in [-0.25, -0.2) is 9.67 Å². The predicted octanol–water partition coefficient (Wildman–Crippen LogP) is 4.11. The van der Waals surface area contributed by atoms with Gasteiger partial charge in [0.05, 0.1) is 29.1 Å². The Kier molecular flexibility index (Phi) is 6.24. The SMILES string of the molecule is Cc1sc2nc(CSC(C)C(=O)Nc3ccnn3Cc3ccccc3)[nH]c(=O)c2c1C. The van der Waals surface area contributed by atoms with E-state index in [1.165, 1.54) is 23.1 Å². The highest BCUT2D eigenvalue weighted by Gasteiger charge is 2.17. The molecule has 1 unspecified atom stereocenters. The summed E-state index contributed by atoms with van der Waals surface area (Å²) < 4.78 is 1.76. The maximum atomic E-state index is 12.7. The lowest BCUT2D eigenvalue weighted by molar-refractivity contribution is -0.115. The van der Waals surface area contributed by atoms with Crippen LogP contribution in [0.25, 0.3) is 10.2 Å². The van der Waals surface area contributed by atoms with Gasteiger partial charge in [0.1, 0.15) is 16.5 Å². The minimum atomic E-state index is -0.326. The minimum Gasteiger partial charge on any atom is -0.310 e. The van der Waals surface area contributed by atoms with Crippen LogP contribution < -0.4 is 10.9 Å². The van der Waals surface area contributed by atoms with Gasteiger partial charge in [-0.05, 0) is 31.9 Å². The number of hydrogen-bond donors (Lipinski definition) is 2. The number of aromatic nitrogens is 4. The second kappa shape index (κ2) is 9.07. The molecule has 0 aliphatic heterocycles. The molecular weight excluding hydrogens is 430 g/mol. The fraction of sp³-hybridized carbons (Fsp3) is 0.273. The van der Waals surface area contributed by atoms with Crippen molar-refractivity contribution in [3.63, 3.8) is 0 Å². The number of amides is 1. The Morgan fingerprint density at radius 1 is 1.26 bits per heavy atom. The van der Waals surface area contributed by atoms with Gasteiger partial charge in [0.2, 0.25) is 5.91 Å². The Hall–Kier alpha value is -2.91. The number of nitrogens with zero attached hydrogens (tertiary/aromatic N) is 3. The van der Waals surface area contributed by atoms with E-state index in [1.807, 2.05) is 51.1 Å². The molecule has 4 rings (SSSR count). The quantitative estimate of drug-likeness (QED) is 0.439. The molecule has 0 saturated carbocycles. The van der Waals surface area contributed by atoms with Crippen LogP contribution in [0.2, 0.25) is 0 Å². The van der Waals surface area contributed by atoms with Crippen LogP contribution in [0, 0.1) is 13.8 Å². The zero-order valence-corrected chi connectivity index (χ0v) is 19.1. The smallest absolute Gasteiger partial charge is 0.259 e. The van der Waals surface area contributed by atoms with E-state index in [9.17, 15) is 9.59 Å². The topological polar surface area (TPSA) is 92.7 Å². The number of carbonyl (C=O) groups excluding carboxylic acids is 1. The van der Waals surface area contributed by atoms with Crippen molar-refractivity contribution in [2.45, 2.75) is 38.3 Å². The maximum absolute atomic E-state index is 12.7. The van der Waals surface area contributed by atoms with Gasteiger partial charge in [-0.3, -0.25) is 9.59 Å². The number of hydrogen-bond acceptors (Lipinski definition) is 6. The number of aryl methyl sites for hydroxylation is 2. The second-order valence-electron chi connectivity index (χ2n) is 7.28. The zero-order valence-electron chi connectivity index (χ0n) is 17.5. The summed E-state index contributed by atoms with van der Waals surface area (Å²) in [7, 11) is 0. The fourth-order valence-corrected chi connectivity index (χ4v) is 5.00. The Morgan fingerprint density at radius 3 is 2.81 bits per heavy atom. The standard InChI is InChI=1S/C22H23N5O2S2/c1-13-14(2)31-22-19(13)21(29)24-17(25-22)12-30-15(3)20(28)26-18-9-10-23-27(18)11-16-7-5-4-6-8-16/h4-10,15H,11-12H2,1-3H3,(H,26,28)(H,24,25,29). The molecule has 4 aromatic rings. The van der Waals surface area contributed by atoms with Crippen molar-refractivity contribution in [1.29, 1.82) is 0 Å². The lowest BCUT2D eigenvalue weighted by Gasteiger charge is -2.13. The minimum absolute atomic E-state index is 0.119. The molecule has 3 aromatic heterocycles. The molecule has 1 amide bonds. The van der Waals surface area contributed by atoms with Crippen LogP contribution in [-0.4, -0.2) is 30.9 Å². The van der Waals surface area contributed by atoms with E-state index in [1.54, 1.807) is 16.9 Å². The van der Waals surface area contributed by atoms with E-state index in [0.29, 0.717) is 29.3 Å². The van der Waals surface area contributed by atoms with Gasteiger partial charge < -0.3 is 10.3 Å². The molecule has 3 heterocycles. The molecule has 31 heavy (non-hydrogen) atoms. The number of thiophene rings is 1. The second-order valence-corrected chi connectivity index (χ2v) is 9.81. The van der Waals surface area contributed by atoms with Crippen LogP contribution in [0.15, 0.2) is 47.4 Å². The fourth-order valence-electron chi connectivity index (χ4n) is 3.20. The summed E-state index contributed by atoms with van der Waals surface area (Å²) in [6, 6.07) is 11.7. The maximum Gasteiger partial charge on any atom is 0.259 e. The van der Waals surface area contributed by atoms with E-state index >= 15 is 0 Å². The largest absolute Gasteiger partial charge is 0.310 e. The Morgan fingerprint density at radius 2 is 2.03 bits per heavy atom. The van der Waals surface area contributed by atoms with Crippen molar-refractivity contribution >= 4 is 45.0 Å². The molecule has 0 aliphatic rings. The third kappa shape index (κ3) is 4.72. The number of benzene rings is 1. The normalized spacial score (nSPS) is 12.2. The van der Waals surface area contributed by atoms with Crippen LogP contribution in [0.4, 0.5) is 5.82 Å². The van der Waals surface area contributed by atoms with Gasteiger partial charge >= 0.3 is 0 Å². The van der Waals surface area contributed by atoms with E-state index in [4.69, 9.17) is 0 Å². The molecule has 0 fully saturated rings. The molecule has 1 aromatic carbocycles. The molecular formula is C22H23N5O2S2. The molecule has 0 aliphatic carbocycles. The van der Waals surface area contributed by atoms with Gasteiger partial charge in [0.25, 0.3) is 5.56 Å². The van der Waals surface area contributed by atoms with Gasteiger partial charge in [-0.15, -0.1) is 23.1 Å². The highest BCUT2D eigenvalue weighted by molar-refractivity contribution is 7.99. The van der Waals surface area contributed by atoms with Crippen LogP contribution in [0.5, 0.6) is 0 Å². The van der Waals surface area contributed by atoms with Crippen molar-refractivity contribution < 1.29 is 4.79 Å². The molecule has 0 spiro atoms. The predicted molar refractivity (Wildman–Crippen MR) is 127 cm³/mol. The lowest BCUT2D eigenvalue weighted by atomic mass is 10.2. The van der Waals surface area contributed by atoms with E-state index < -0.39 is 0 Å². The van der Waals surface area contributed by atoms with Gasteiger partial charge in [-0.2, -0.15) is 5.10 Å². The molecule has 1 atom stereocenters. The van der Waals surface area contributed by atoms with E-state index in [0.717, 1.165) is 20.8 Å². The van der Waals surface area contributed by atoms with Crippen molar-refractivity contribution in [2.75, 3.05) is 5.32 Å². The van der Waals surface area contributed by atoms with Crippen molar-refractivity contribution in [3.05, 3.63) is 74.8 Å². The van der Waals surface area contributed by atoms with Crippen molar-refractivity contribution in [3.8, 4) is 0 Å². The third-order valence-corrected chi connectivity index (χ3v) is 7.33. The Bertz CT molecular complexity index is 1280. The molecule has 9 heteroatoms. The van der Waals surface area contributed by atoms with Crippen LogP contribution in [0.3, 0.4) is 0 Å². The third-order valence-electron chi connectivity index (χ3n) is 5.07. The highest BCUT2D eigenvalue weighted by atomic mass is 32.2. The number of thioether (sulfide) groups is 1. The number of fused-ring (bicyclic) bond motifs is 1. The summed E-state index contributed by atoms with van der Waals surface area (Å²) in [6.07, 6.45) is 1.67. The summed E-state index contributed by atoms with van der Waals surface area (Å²) in [6.45, 7) is 6.35. The van der Waals surface area contributed by atoms with E-state index in [-0.39, 0.29) is 16.7 Å². The number of H-pyrrole nitrogens is 1. The number of nitrogens with one attached hydrogen (secondary N) is 2. The molecule has 0 saturated heterocycles. The summed E-state index contributed by atoms with van der Waals surface area (Å²) in [4.78, 5) is 34.4.